The van der Waals surface area contributed by atoms with Crippen molar-refractivity contribution in [2.45, 2.75) is 26.0 Å². The fourth-order valence-corrected chi connectivity index (χ4v) is 2.88. The lowest BCUT2D eigenvalue weighted by molar-refractivity contribution is 0.158. The van der Waals surface area contributed by atoms with Crippen LogP contribution in [0.3, 0.4) is 0 Å². The molecule has 3 aromatic rings. The number of aliphatic hydroxyl groups excluding tert-OH is 1. The second-order valence-electron chi connectivity index (χ2n) is 6.10. The maximum absolute atomic E-state index is 10.1. The molecular weight excluding hydrogens is 455 g/mol. The Morgan fingerprint density at radius 1 is 1.19 bits per heavy atom. The maximum Gasteiger partial charge on any atom is 0.191 e. The van der Waals surface area contributed by atoms with Crippen molar-refractivity contribution in [1.29, 1.82) is 0 Å². The lowest BCUT2D eigenvalue weighted by Crippen LogP contribution is -2.38. The number of guanidine groups is 1. The summed E-state index contributed by atoms with van der Waals surface area (Å²) in [5.41, 5.74) is 1.26. The smallest absolute Gasteiger partial charge is 0.191 e. The summed E-state index contributed by atoms with van der Waals surface area (Å²) in [5, 5.41) is 17.8. The molecule has 1 atom stereocenters. The van der Waals surface area contributed by atoms with Crippen molar-refractivity contribution in [3.63, 3.8) is 0 Å². The van der Waals surface area contributed by atoms with Crippen LogP contribution in [0.25, 0.3) is 10.9 Å². The number of halogens is 1. The molecule has 0 saturated carbocycles. The Bertz CT molecular complexity index is 830. The standard InChI is InChI=1S/C20H26N4O2.HI/c1-2-21-20(23-15-18(25)19-9-5-14-26-19)22-11-6-12-24-13-10-16-7-3-4-8-17(16)24;/h3-5,7-10,13-14,18,25H,2,6,11-12,15H2,1H3,(H2,21,22,23);1H. The number of furan rings is 1. The molecule has 146 valence electrons. The molecule has 3 rings (SSSR count). The summed E-state index contributed by atoms with van der Waals surface area (Å²) in [7, 11) is 0. The van der Waals surface area contributed by atoms with Crippen molar-refractivity contribution in [3.05, 3.63) is 60.7 Å². The molecule has 3 N–H and O–H groups in total. The van der Waals surface area contributed by atoms with E-state index in [1.165, 1.54) is 10.9 Å². The quantitative estimate of drug-likeness (QED) is 0.199. The van der Waals surface area contributed by atoms with Crippen LogP contribution in [0.2, 0.25) is 0 Å². The number of nitrogens with zero attached hydrogens (tertiary/aromatic N) is 2. The van der Waals surface area contributed by atoms with Gasteiger partial charge >= 0.3 is 0 Å². The Morgan fingerprint density at radius 3 is 2.81 bits per heavy atom. The van der Waals surface area contributed by atoms with Gasteiger partial charge in [-0.05, 0) is 43.0 Å². The molecule has 1 aromatic carbocycles. The molecule has 0 bridgehead atoms. The molecule has 1 unspecified atom stereocenters. The normalized spacial score (nSPS) is 12.6. The van der Waals surface area contributed by atoms with Gasteiger partial charge in [0.25, 0.3) is 0 Å². The number of hydrogen-bond donors (Lipinski definition) is 3. The Kier molecular flexibility index (Phi) is 8.66. The molecule has 0 saturated heterocycles. The van der Waals surface area contributed by atoms with Crippen molar-refractivity contribution in [1.82, 2.24) is 15.2 Å². The zero-order chi connectivity index (χ0) is 18.2. The van der Waals surface area contributed by atoms with Gasteiger partial charge in [0.15, 0.2) is 5.96 Å². The average molecular weight is 482 g/mol. The highest BCUT2D eigenvalue weighted by Gasteiger charge is 2.09. The number of aliphatic imine (C=N–C) groups is 1. The summed E-state index contributed by atoms with van der Waals surface area (Å²) in [6.07, 6.45) is 3.93. The molecule has 0 spiro atoms. The van der Waals surface area contributed by atoms with Gasteiger partial charge in [-0.2, -0.15) is 0 Å². The van der Waals surface area contributed by atoms with Crippen LogP contribution in [0.4, 0.5) is 0 Å². The number of rotatable bonds is 8. The Hall–Kier alpha value is -2.00. The highest BCUT2D eigenvalue weighted by molar-refractivity contribution is 14.0. The highest BCUT2D eigenvalue weighted by atomic mass is 127. The van der Waals surface area contributed by atoms with E-state index >= 15 is 0 Å². The SMILES string of the molecule is CCNC(=NCC(O)c1ccco1)NCCCn1ccc2ccccc21.I. The molecule has 7 heteroatoms. The first-order valence-electron chi connectivity index (χ1n) is 9.05. The molecule has 27 heavy (non-hydrogen) atoms. The van der Waals surface area contributed by atoms with Gasteiger partial charge in [-0.25, -0.2) is 0 Å². The molecular formula is C20H27IN4O2. The monoisotopic (exact) mass is 482 g/mol. The van der Waals surface area contributed by atoms with E-state index in [9.17, 15) is 5.11 Å². The van der Waals surface area contributed by atoms with Crippen LogP contribution in [-0.2, 0) is 6.54 Å². The van der Waals surface area contributed by atoms with Gasteiger partial charge in [-0.1, -0.05) is 18.2 Å². The third kappa shape index (κ3) is 6.00. The summed E-state index contributed by atoms with van der Waals surface area (Å²) in [4.78, 5) is 4.43. The van der Waals surface area contributed by atoms with E-state index < -0.39 is 6.10 Å². The van der Waals surface area contributed by atoms with Gasteiger partial charge in [0, 0.05) is 31.3 Å². The van der Waals surface area contributed by atoms with Gasteiger partial charge in [0.1, 0.15) is 11.9 Å². The number of nitrogens with one attached hydrogen (secondary N) is 2. The minimum Gasteiger partial charge on any atom is -0.467 e. The molecule has 0 amide bonds. The molecule has 0 radical (unpaired) electrons. The Balaban J connectivity index is 0.00000261. The van der Waals surface area contributed by atoms with E-state index in [0.29, 0.717) is 11.7 Å². The van der Waals surface area contributed by atoms with Crippen LogP contribution < -0.4 is 10.6 Å². The van der Waals surface area contributed by atoms with Crippen molar-refractivity contribution >= 4 is 40.8 Å². The van der Waals surface area contributed by atoms with Gasteiger partial charge in [0.05, 0.1) is 12.8 Å². The van der Waals surface area contributed by atoms with Crippen LogP contribution in [-0.4, -0.2) is 35.3 Å². The number of benzene rings is 1. The fraction of sp³-hybridized carbons (Fsp3) is 0.350. The molecule has 6 nitrogen and oxygen atoms in total. The predicted octanol–water partition coefficient (Wildman–Crippen LogP) is 3.53. The van der Waals surface area contributed by atoms with Crippen molar-refractivity contribution in [2.75, 3.05) is 19.6 Å². The second kappa shape index (κ2) is 11.0. The maximum atomic E-state index is 10.1. The van der Waals surface area contributed by atoms with E-state index in [2.05, 4.69) is 56.7 Å². The fourth-order valence-electron chi connectivity index (χ4n) is 2.88. The predicted molar refractivity (Wildman–Crippen MR) is 120 cm³/mol. The lowest BCUT2D eigenvalue weighted by Gasteiger charge is -2.13. The minimum atomic E-state index is -0.730. The first kappa shape index (κ1) is 21.3. The summed E-state index contributed by atoms with van der Waals surface area (Å²) in [5.74, 6) is 1.24. The van der Waals surface area contributed by atoms with Gasteiger partial charge in [-0.15, -0.1) is 24.0 Å². The average Bonchev–Trinajstić information content (AvgIpc) is 3.33. The second-order valence-corrected chi connectivity index (χ2v) is 6.10. The number of aliphatic hydroxyl groups is 1. The number of fused-ring (bicyclic) bond motifs is 1. The first-order valence-corrected chi connectivity index (χ1v) is 9.05. The van der Waals surface area contributed by atoms with E-state index in [1.54, 1.807) is 18.4 Å². The van der Waals surface area contributed by atoms with E-state index in [1.807, 2.05) is 6.92 Å². The number of aryl methyl sites for hydroxylation is 1. The largest absolute Gasteiger partial charge is 0.467 e. The number of hydrogen-bond acceptors (Lipinski definition) is 3. The molecule has 2 aromatic heterocycles. The van der Waals surface area contributed by atoms with Crippen molar-refractivity contribution in [2.24, 2.45) is 4.99 Å². The molecule has 0 aliphatic carbocycles. The minimum absolute atomic E-state index is 0. The van der Waals surface area contributed by atoms with E-state index in [-0.39, 0.29) is 30.5 Å². The molecule has 0 fully saturated rings. The first-order chi connectivity index (χ1) is 12.8. The third-order valence-corrected chi connectivity index (χ3v) is 4.19. The van der Waals surface area contributed by atoms with Crippen LogP contribution >= 0.6 is 24.0 Å². The van der Waals surface area contributed by atoms with E-state index in [0.717, 1.165) is 26.1 Å². The molecule has 2 heterocycles. The highest BCUT2D eigenvalue weighted by Crippen LogP contribution is 2.15. The molecule has 0 aliphatic rings. The summed E-state index contributed by atoms with van der Waals surface area (Å²) < 4.78 is 7.47. The van der Waals surface area contributed by atoms with E-state index in [4.69, 9.17) is 4.42 Å². The van der Waals surface area contributed by atoms with Gasteiger partial charge in [-0.3, -0.25) is 4.99 Å². The number of aromatic nitrogens is 1. The zero-order valence-corrected chi connectivity index (χ0v) is 17.8. The van der Waals surface area contributed by atoms with Crippen LogP contribution in [0.15, 0.2) is 64.3 Å². The topological polar surface area (TPSA) is 74.7 Å². The third-order valence-electron chi connectivity index (χ3n) is 4.19. The van der Waals surface area contributed by atoms with Crippen LogP contribution in [0.1, 0.15) is 25.2 Å². The summed E-state index contributed by atoms with van der Waals surface area (Å²) in [6.45, 7) is 4.78. The zero-order valence-electron chi connectivity index (χ0n) is 15.5. The van der Waals surface area contributed by atoms with Crippen molar-refractivity contribution in [3.8, 4) is 0 Å². The lowest BCUT2D eigenvalue weighted by atomic mass is 10.2. The van der Waals surface area contributed by atoms with Crippen LogP contribution in [0.5, 0.6) is 0 Å². The Morgan fingerprint density at radius 2 is 2.04 bits per heavy atom. The van der Waals surface area contributed by atoms with Crippen LogP contribution in [0, 0.1) is 0 Å². The Labute approximate surface area is 176 Å². The number of para-hydroxylation sites is 1. The van der Waals surface area contributed by atoms with Gasteiger partial charge < -0.3 is 24.7 Å². The van der Waals surface area contributed by atoms with Gasteiger partial charge in [0.2, 0.25) is 0 Å². The summed E-state index contributed by atoms with van der Waals surface area (Å²) >= 11 is 0. The summed E-state index contributed by atoms with van der Waals surface area (Å²) in [6, 6.07) is 14.1. The van der Waals surface area contributed by atoms with Crippen molar-refractivity contribution < 1.29 is 9.52 Å². The molecule has 0 aliphatic heterocycles.